The Morgan fingerprint density at radius 3 is 3.36 bits per heavy atom. The monoisotopic (exact) mass is 149 g/mol. The van der Waals surface area contributed by atoms with Crippen LogP contribution in [0.15, 0.2) is 12.3 Å². The maximum Gasteiger partial charge on any atom is 0.220 e. The summed E-state index contributed by atoms with van der Waals surface area (Å²) < 4.78 is 5.21. The third-order valence-corrected chi connectivity index (χ3v) is 1.41. The molecule has 0 bridgehead atoms. The Balaban J connectivity index is 2.54. The number of hydrogen-bond donors (Lipinski definition) is 1. The van der Waals surface area contributed by atoms with Crippen molar-refractivity contribution < 1.29 is 4.74 Å². The Kier molecular flexibility index (Phi) is 1.25. The number of anilines is 1. The average molecular weight is 149 g/mol. The summed E-state index contributed by atoms with van der Waals surface area (Å²) in [4.78, 5) is 7.77. The first-order chi connectivity index (χ1) is 5.36. The lowest BCUT2D eigenvalue weighted by Gasteiger charge is -2.09. The van der Waals surface area contributed by atoms with Crippen LogP contribution in [0.4, 0.5) is 5.95 Å². The minimum absolute atomic E-state index is 0.277. The van der Waals surface area contributed by atoms with Gasteiger partial charge >= 0.3 is 0 Å². The van der Waals surface area contributed by atoms with Gasteiger partial charge in [0.1, 0.15) is 12.3 Å². The molecular weight excluding hydrogens is 142 g/mol. The van der Waals surface area contributed by atoms with Crippen LogP contribution in [-0.2, 0) is 0 Å². The smallest absolute Gasteiger partial charge is 0.220 e. The van der Waals surface area contributed by atoms with Crippen molar-refractivity contribution in [2.24, 2.45) is 0 Å². The highest BCUT2D eigenvalue weighted by molar-refractivity contribution is 5.55. The quantitative estimate of drug-likeness (QED) is 0.582. The van der Waals surface area contributed by atoms with E-state index in [0.717, 1.165) is 5.69 Å². The molecule has 0 amide bonds. The van der Waals surface area contributed by atoms with Crippen LogP contribution in [0.2, 0.25) is 0 Å². The molecule has 0 fully saturated rings. The van der Waals surface area contributed by atoms with Crippen LogP contribution in [0.5, 0.6) is 5.75 Å². The van der Waals surface area contributed by atoms with E-state index in [-0.39, 0.29) is 5.95 Å². The summed E-state index contributed by atoms with van der Waals surface area (Å²) in [5.74, 6) is 0.973. The number of fused-ring (bicyclic) bond motifs is 1. The van der Waals surface area contributed by atoms with E-state index < -0.39 is 0 Å². The summed E-state index contributed by atoms with van der Waals surface area (Å²) in [6.07, 6.45) is 5.34. The Bertz CT molecular complexity index is 309. The highest BCUT2D eigenvalue weighted by Crippen LogP contribution is 2.20. The van der Waals surface area contributed by atoms with E-state index in [2.05, 4.69) is 9.97 Å². The van der Waals surface area contributed by atoms with Crippen molar-refractivity contribution in [3.05, 3.63) is 18.0 Å². The van der Waals surface area contributed by atoms with Crippen molar-refractivity contribution in [2.45, 2.75) is 0 Å². The molecule has 2 N–H and O–H groups in total. The minimum atomic E-state index is 0.277. The van der Waals surface area contributed by atoms with Crippen LogP contribution in [0.1, 0.15) is 5.69 Å². The SMILES string of the molecule is Nc1ncc2c(n1)C=CCO2. The van der Waals surface area contributed by atoms with Crippen LogP contribution < -0.4 is 10.5 Å². The molecule has 0 unspecified atom stereocenters. The van der Waals surface area contributed by atoms with Gasteiger partial charge in [-0.15, -0.1) is 0 Å². The molecule has 2 rings (SSSR count). The summed E-state index contributed by atoms with van der Waals surface area (Å²) in [6.45, 7) is 0.584. The molecule has 56 valence electrons. The van der Waals surface area contributed by atoms with Gasteiger partial charge in [-0.25, -0.2) is 9.97 Å². The molecular formula is C7H7N3O. The van der Waals surface area contributed by atoms with Crippen molar-refractivity contribution in [3.63, 3.8) is 0 Å². The number of rotatable bonds is 0. The number of nitrogens with two attached hydrogens (primary N) is 1. The average Bonchev–Trinajstić information content (AvgIpc) is 2.04. The summed E-state index contributed by atoms with van der Waals surface area (Å²) in [7, 11) is 0. The first kappa shape index (κ1) is 6.15. The van der Waals surface area contributed by atoms with Crippen LogP contribution in [0, 0.1) is 0 Å². The molecule has 11 heavy (non-hydrogen) atoms. The van der Waals surface area contributed by atoms with E-state index in [4.69, 9.17) is 10.5 Å². The molecule has 1 aromatic rings. The fraction of sp³-hybridized carbons (Fsp3) is 0.143. The Morgan fingerprint density at radius 2 is 2.45 bits per heavy atom. The number of aromatic nitrogens is 2. The van der Waals surface area contributed by atoms with E-state index in [1.807, 2.05) is 12.2 Å². The second-order valence-electron chi connectivity index (χ2n) is 2.19. The van der Waals surface area contributed by atoms with Gasteiger partial charge in [0.2, 0.25) is 5.95 Å². The number of ether oxygens (including phenoxy) is 1. The van der Waals surface area contributed by atoms with Gasteiger partial charge in [-0.2, -0.15) is 0 Å². The highest BCUT2D eigenvalue weighted by Gasteiger charge is 2.06. The van der Waals surface area contributed by atoms with E-state index in [1.54, 1.807) is 6.20 Å². The fourth-order valence-corrected chi connectivity index (χ4v) is 0.927. The van der Waals surface area contributed by atoms with E-state index in [0.29, 0.717) is 12.4 Å². The molecule has 0 saturated carbocycles. The van der Waals surface area contributed by atoms with Crippen molar-refractivity contribution >= 4 is 12.0 Å². The molecule has 2 heterocycles. The van der Waals surface area contributed by atoms with E-state index >= 15 is 0 Å². The third kappa shape index (κ3) is 1.02. The van der Waals surface area contributed by atoms with Gasteiger partial charge in [0.25, 0.3) is 0 Å². The lowest BCUT2D eigenvalue weighted by atomic mass is 10.3. The normalized spacial score (nSPS) is 13.8. The van der Waals surface area contributed by atoms with E-state index in [9.17, 15) is 0 Å². The standard InChI is InChI=1S/C7H7N3O/c8-7-9-4-6-5(10-7)2-1-3-11-6/h1-2,4H,3H2,(H2,8,9,10). The zero-order chi connectivity index (χ0) is 7.68. The third-order valence-electron chi connectivity index (χ3n) is 1.41. The van der Waals surface area contributed by atoms with Gasteiger partial charge in [-0.3, -0.25) is 0 Å². The van der Waals surface area contributed by atoms with Crippen LogP contribution >= 0.6 is 0 Å². The molecule has 0 aliphatic carbocycles. The molecule has 1 aromatic heterocycles. The van der Waals surface area contributed by atoms with Gasteiger partial charge in [0.15, 0.2) is 5.75 Å². The second-order valence-corrected chi connectivity index (χ2v) is 2.19. The van der Waals surface area contributed by atoms with Gasteiger partial charge in [-0.1, -0.05) is 0 Å². The molecule has 1 aliphatic rings. The van der Waals surface area contributed by atoms with Crippen LogP contribution in [0.3, 0.4) is 0 Å². The van der Waals surface area contributed by atoms with Gasteiger partial charge in [-0.05, 0) is 12.2 Å². The second kappa shape index (κ2) is 2.23. The van der Waals surface area contributed by atoms with Crippen LogP contribution in [-0.4, -0.2) is 16.6 Å². The Hall–Kier alpha value is -1.58. The molecule has 0 atom stereocenters. The summed E-state index contributed by atoms with van der Waals surface area (Å²) in [6, 6.07) is 0. The molecule has 0 saturated heterocycles. The maximum atomic E-state index is 5.37. The Morgan fingerprint density at radius 1 is 1.55 bits per heavy atom. The van der Waals surface area contributed by atoms with E-state index in [1.165, 1.54) is 0 Å². The summed E-state index contributed by atoms with van der Waals surface area (Å²) in [5, 5.41) is 0. The van der Waals surface area contributed by atoms with Crippen molar-refractivity contribution in [1.82, 2.24) is 9.97 Å². The first-order valence-corrected chi connectivity index (χ1v) is 3.28. The minimum Gasteiger partial charge on any atom is -0.486 e. The molecule has 4 heteroatoms. The molecule has 0 aromatic carbocycles. The fourth-order valence-electron chi connectivity index (χ4n) is 0.927. The number of hydrogen-bond acceptors (Lipinski definition) is 4. The van der Waals surface area contributed by atoms with Gasteiger partial charge in [0, 0.05) is 0 Å². The topological polar surface area (TPSA) is 61.0 Å². The van der Waals surface area contributed by atoms with Crippen LogP contribution in [0.25, 0.3) is 6.08 Å². The summed E-state index contributed by atoms with van der Waals surface area (Å²) in [5.41, 5.74) is 6.12. The van der Waals surface area contributed by atoms with Crippen molar-refractivity contribution in [1.29, 1.82) is 0 Å². The summed E-state index contributed by atoms with van der Waals surface area (Å²) >= 11 is 0. The molecule has 0 radical (unpaired) electrons. The Labute approximate surface area is 63.7 Å². The number of nitrogen functional groups attached to an aromatic ring is 1. The highest BCUT2D eigenvalue weighted by atomic mass is 16.5. The zero-order valence-electron chi connectivity index (χ0n) is 5.82. The lowest BCUT2D eigenvalue weighted by Crippen LogP contribution is -2.04. The predicted octanol–water partition coefficient (Wildman–Crippen LogP) is 0.464. The lowest BCUT2D eigenvalue weighted by molar-refractivity contribution is 0.355. The van der Waals surface area contributed by atoms with Gasteiger partial charge in [0.05, 0.1) is 6.20 Å². The largest absolute Gasteiger partial charge is 0.486 e. The molecule has 1 aliphatic heterocycles. The predicted molar refractivity (Wildman–Crippen MR) is 41.0 cm³/mol. The van der Waals surface area contributed by atoms with Crippen molar-refractivity contribution in [2.75, 3.05) is 12.3 Å². The number of nitrogens with zero attached hydrogens (tertiary/aromatic N) is 2. The zero-order valence-corrected chi connectivity index (χ0v) is 5.82. The van der Waals surface area contributed by atoms with Crippen molar-refractivity contribution in [3.8, 4) is 5.75 Å². The first-order valence-electron chi connectivity index (χ1n) is 3.28. The maximum absolute atomic E-state index is 5.37. The molecule has 0 spiro atoms. The molecule has 4 nitrogen and oxygen atoms in total. The van der Waals surface area contributed by atoms with Gasteiger partial charge < -0.3 is 10.5 Å².